The molecule has 0 bridgehead atoms. The smallest absolute Gasteiger partial charge is 0.249 e. The van der Waals surface area contributed by atoms with Crippen LogP contribution >= 0.6 is 11.6 Å². The number of hydrogen-bond donors (Lipinski definition) is 1. The van der Waals surface area contributed by atoms with Crippen LogP contribution < -0.4 is 5.32 Å². The van der Waals surface area contributed by atoms with Gasteiger partial charge in [-0.05, 0) is 30.7 Å². The molecule has 0 unspecified atom stereocenters. The molecule has 0 radical (unpaired) electrons. The summed E-state index contributed by atoms with van der Waals surface area (Å²) in [6, 6.07) is 9.35. The predicted molar refractivity (Wildman–Crippen MR) is 98.3 cm³/mol. The van der Waals surface area contributed by atoms with Crippen LogP contribution in [0.1, 0.15) is 18.1 Å². The van der Waals surface area contributed by atoms with Crippen LogP contribution in [0.2, 0.25) is 5.02 Å². The Balaban J connectivity index is 1.58. The molecule has 1 amide bonds. The van der Waals surface area contributed by atoms with Crippen molar-refractivity contribution in [1.29, 1.82) is 0 Å². The minimum atomic E-state index is -0.239. The third-order valence-corrected chi connectivity index (χ3v) is 3.76. The van der Waals surface area contributed by atoms with Gasteiger partial charge in [0.2, 0.25) is 5.91 Å². The summed E-state index contributed by atoms with van der Waals surface area (Å²) >= 11 is 5.98. The predicted octanol–water partition coefficient (Wildman–Crippen LogP) is 3.45. The van der Waals surface area contributed by atoms with Crippen molar-refractivity contribution in [2.75, 3.05) is 5.32 Å². The van der Waals surface area contributed by atoms with Crippen LogP contribution in [0.15, 0.2) is 55.0 Å². The Labute approximate surface area is 150 Å². The summed E-state index contributed by atoms with van der Waals surface area (Å²) in [7, 11) is 0. The van der Waals surface area contributed by atoms with Crippen molar-refractivity contribution in [3.8, 4) is 0 Å². The molecule has 0 aliphatic carbocycles. The number of nitrogens with one attached hydrogen (secondary N) is 1. The summed E-state index contributed by atoms with van der Waals surface area (Å²) in [6.07, 6.45) is 8.59. The zero-order valence-corrected chi connectivity index (χ0v) is 14.5. The number of carbonyl (C=O) groups is 1. The molecule has 2 heterocycles. The lowest BCUT2D eigenvalue weighted by Gasteiger charge is -2.02. The van der Waals surface area contributed by atoms with E-state index >= 15 is 0 Å². The van der Waals surface area contributed by atoms with Crippen molar-refractivity contribution in [2.45, 2.75) is 20.0 Å². The average Bonchev–Trinajstić information content (AvgIpc) is 3.22. The van der Waals surface area contributed by atoms with Gasteiger partial charge in [0.25, 0.3) is 0 Å². The van der Waals surface area contributed by atoms with E-state index in [0.29, 0.717) is 17.4 Å². The number of nitrogens with zero attached hydrogens (tertiary/aromatic N) is 4. The van der Waals surface area contributed by atoms with Gasteiger partial charge >= 0.3 is 0 Å². The first-order valence-electron chi connectivity index (χ1n) is 7.92. The second-order valence-corrected chi connectivity index (χ2v) is 5.92. The number of halogens is 1. The molecule has 128 valence electrons. The van der Waals surface area contributed by atoms with Gasteiger partial charge in [-0.15, -0.1) is 0 Å². The lowest BCUT2D eigenvalue weighted by Crippen LogP contribution is -2.09. The Morgan fingerprint density at radius 3 is 2.96 bits per heavy atom. The fourth-order valence-corrected chi connectivity index (χ4v) is 2.53. The molecule has 1 N–H and O–H groups in total. The highest BCUT2D eigenvalue weighted by Crippen LogP contribution is 2.12. The second kappa shape index (κ2) is 7.81. The number of benzene rings is 1. The maximum atomic E-state index is 12.0. The summed E-state index contributed by atoms with van der Waals surface area (Å²) in [5.74, 6) is 0.262. The lowest BCUT2D eigenvalue weighted by molar-refractivity contribution is -0.111. The lowest BCUT2D eigenvalue weighted by atomic mass is 10.2. The number of hydrogen-bond acceptors (Lipinski definition) is 3. The van der Waals surface area contributed by atoms with Gasteiger partial charge in [-0.25, -0.2) is 0 Å². The van der Waals surface area contributed by atoms with E-state index in [2.05, 4.69) is 15.5 Å². The van der Waals surface area contributed by atoms with Gasteiger partial charge in [-0.3, -0.25) is 14.2 Å². The van der Waals surface area contributed by atoms with Crippen LogP contribution in [0.5, 0.6) is 0 Å². The van der Waals surface area contributed by atoms with Gasteiger partial charge in [0, 0.05) is 41.7 Å². The monoisotopic (exact) mass is 355 g/mol. The van der Waals surface area contributed by atoms with Crippen LogP contribution in [-0.2, 0) is 17.9 Å². The largest absolute Gasteiger partial charge is 0.306 e. The molecule has 0 fully saturated rings. The second-order valence-electron chi connectivity index (χ2n) is 5.48. The van der Waals surface area contributed by atoms with Crippen molar-refractivity contribution >= 4 is 29.4 Å². The van der Waals surface area contributed by atoms with E-state index in [1.54, 1.807) is 27.7 Å². The van der Waals surface area contributed by atoms with Crippen LogP contribution in [0.3, 0.4) is 0 Å². The van der Waals surface area contributed by atoms with Gasteiger partial charge in [0.15, 0.2) is 5.82 Å². The van der Waals surface area contributed by atoms with E-state index in [-0.39, 0.29) is 5.91 Å². The van der Waals surface area contributed by atoms with Crippen molar-refractivity contribution in [1.82, 2.24) is 19.6 Å². The highest BCUT2D eigenvalue weighted by molar-refractivity contribution is 6.30. The minimum absolute atomic E-state index is 0.239. The molecular weight excluding hydrogens is 338 g/mol. The third kappa shape index (κ3) is 4.81. The summed E-state index contributed by atoms with van der Waals surface area (Å²) in [5.41, 5.74) is 1.92. The van der Waals surface area contributed by atoms with E-state index < -0.39 is 0 Å². The Morgan fingerprint density at radius 2 is 2.20 bits per heavy atom. The summed E-state index contributed by atoms with van der Waals surface area (Å²) in [5, 5.41) is 11.9. The Hall–Kier alpha value is -2.86. The molecule has 2 aromatic heterocycles. The molecule has 0 spiro atoms. The van der Waals surface area contributed by atoms with Gasteiger partial charge in [-0.1, -0.05) is 23.7 Å². The number of amides is 1. The molecule has 0 saturated heterocycles. The minimum Gasteiger partial charge on any atom is -0.306 e. The maximum absolute atomic E-state index is 12.0. The first kappa shape index (κ1) is 17.0. The third-order valence-electron chi connectivity index (χ3n) is 3.53. The molecule has 0 atom stereocenters. The summed E-state index contributed by atoms with van der Waals surface area (Å²) in [6.45, 7) is 3.39. The van der Waals surface area contributed by atoms with Crippen molar-refractivity contribution in [2.24, 2.45) is 0 Å². The van der Waals surface area contributed by atoms with Crippen LogP contribution in [-0.4, -0.2) is 25.5 Å². The fraction of sp³-hybridized carbons (Fsp3) is 0.167. The molecule has 7 heteroatoms. The van der Waals surface area contributed by atoms with E-state index in [0.717, 1.165) is 17.7 Å². The summed E-state index contributed by atoms with van der Waals surface area (Å²) in [4.78, 5) is 12.0. The normalized spacial score (nSPS) is 11.1. The van der Waals surface area contributed by atoms with Gasteiger partial charge in [-0.2, -0.15) is 10.2 Å². The topological polar surface area (TPSA) is 64.7 Å². The molecule has 6 nitrogen and oxygen atoms in total. The van der Waals surface area contributed by atoms with Gasteiger partial charge < -0.3 is 5.32 Å². The highest BCUT2D eigenvalue weighted by Gasteiger charge is 2.03. The number of aryl methyl sites for hydroxylation is 1. The van der Waals surface area contributed by atoms with Crippen molar-refractivity contribution in [3.05, 3.63) is 71.1 Å². The molecule has 3 rings (SSSR count). The Morgan fingerprint density at radius 1 is 1.32 bits per heavy atom. The first-order valence-corrected chi connectivity index (χ1v) is 8.29. The molecule has 0 saturated carbocycles. The standard InChI is InChI=1S/C18H18ClN5O/c1-2-23-13-15(11-20-23)6-7-18(25)21-17-8-9-24(22-17)12-14-4-3-5-16(19)10-14/h3-11,13H,2,12H2,1H3,(H,21,22,25)/b7-6+. The molecule has 1 aromatic carbocycles. The van der Waals surface area contributed by atoms with E-state index in [4.69, 9.17) is 11.6 Å². The SMILES string of the molecule is CCn1cc(/C=C/C(=O)Nc2ccn(Cc3cccc(Cl)c3)n2)cn1. The van der Waals surface area contributed by atoms with E-state index in [1.807, 2.05) is 43.6 Å². The average molecular weight is 356 g/mol. The van der Waals surface area contributed by atoms with Crippen molar-refractivity contribution in [3.63, 3.8) is 0 Å². The Kier molecular flexibility index (Phi) is 5.30. The van der Waals surface area contributed by atoms with Crippen LogP contribution in [0.4, 0.5) is 5.82 Å². The number of anilines is 1. The fourth-order valence-electron chi connectivity index (χ4n) is 2.32. The molecule has 0 aliphatic heterocycles. The zero-order valence-electron chi connectivity index (χ0n) is 13.8. The highest BCUT2D eigenvalue weighted by atomic mass is 35.5. The molecule has 0 aliphatic rings. The van der Waals surface area contributed by atoms with Crippen LogP contribution in [0.25, 0.3) is 6.08 Å². The molecule has 3 aromatic rings. The first-order chi connectivity index (χ1) is 12.1. The molecule has 25 heavy (non-hydrogen) atoms. The number of aromatic nitrogens is 4. The zero-order chi connectivity index (χ0) is 17.6. The van der Waals surface area contributed by atoms with E-state index in [9.17, 15) is 4.79 Å². The number of rotatable bonds is 6. The maximum Gasteiger partial charge on any atom is 0.249 e. The van der Waals surface area contributed by atoms with Crippen molar-refractivity contribution < 1.29 is 4.79 Å². The van der Waals surface area contributed by atoms with Crippen LogP contribution in [0, 0.1) is 0 Å². The molecular formula is C18H18ClN5O. The quantitative estimate of drug-likeness (QED) is 0.689. The van der Waals surface area contributed by atoms with Gasteiger partial charge in [0.05, 0.1) is 12.7 Å². The number of carbonyl (C=O) groups excluding carboxylic acids is 1. The van der Waals surface area contributed by atoms with Gasteiger partial charge in [0.1, 0.15) is 0 Å². The summed E-state index contributed by atoms with van der Waals surface area (Å²) < 4.78 is 3.55. The Bertz CT molecular complexity index is 896. The van der Waals surface area contributed by atoms with E-state index in [1.165, 1.54) is 6.08 Å².